The molecule has 0 spiro atoms. The second-order valence-corrected chi connectivity index (χ2v) is 4.62. The minimum atomic E-state index is -0.645. The van der Waals surface area contributed by atoms with Crippen LogP contribution in [-0.4, -0.2) is 6.54 Å². The maximum Gasteiger partial charge on any atom is 0.150 e. The van der Waals surface area contributed by atoms with Crippen LogP contribution < -0.4 is 5.32 Å². The van der Waals surface area contributed by atoms with E-state index < -0.39 is 11.6 Å². The smallest absolute Gasteiger partial charge is 0.150 e. The summed E-state index contributed by atoms with van der Waals surface area (Å²) in [4.78, 5) is 0. The van der Waals surface area contributed by atoms with E-state index in [1.54, 1.807) is 0 Å². The summed E-state index contributed by atoms with van der Waals surface area (Å²) in [5.41, 5.74) is 1.10. The van der Waals surface area contributed by atoms with E-state index in [9.17, 15) is 8.78 Å². The zero-order valence-electron chi connectivity index (χ0n) is 9.88. The summed E-state index contributed by atoms with van der Waals surface area (Å²) in [5, 5.41) is 2.82. The van der Waals surface area contributed by atoms with Gasteiger partial charge in [-0.25, -0.2) is 8.78 Å². The van der Waals surface area contributed by atoms with E-state index in [0.29, 0.717) is 4.47 Å². The van der Waals surface area contributed by atoms with E-state index in [2.05, 4.69) is 33.1 Å². The molecule has 2 aromatic rings. The lowest BCUT2D eigenvalue weighted by molar-refractivity contribution is 0.584. The molecular formula is C15H10BrF2N. The molecule has 0 heterocycles. The molecule has 0 radical (unpaired) electrons. The molecule has 0 saturated heterocycles. The quantitative estimate of drug-likeness (QED) is 0.818. The van der Waals surface area contributed by atoms with Gasteiger partial charge in [0, 0.05) is 16.1 Å². The van der Waals surface area contributed by atoms with E-state index in [4.69, 9.17) is 0 Å². The molecule has 0 atom stereocenters. The van der Waals surface area contributed by atoms with Crippen LogP contribution in [0.2, 0.25) is 0 Å². The van der Waals surface area contributed by atoms with Gasteiger partial charge < -0.3 is 5.32 Å². The van der Waals surface area contributed by atoms with Crippen molar-refractivity contribution < 1.29 is 8.78 Å². The number of nitrogens with one attached hydrogen (secondary N) is 1. The van der Waals surface area contributed by atoms with Crippen molar-refractivity contribution in [3.8, 4) is 11.8 Å². The summed E-state index contributed by atoms with van der Waals surface area (Å²) in [6.45, 7) is 0.274. The van der Waals surface area contributed by atoms with E-state index in [1.807, 2.05) is 30.3 Å². The van der Waals surface area contributed by atoms with Crippen LogP contribution >= 0.6 is 15.9 Å². The van der Waals surface area contributed by atoms with Gasteiger partial charge in [0.15, 0.2) is 0 Å². The van der Waals surface area contributed by atoms with E-state index in [1.165, 1.54) is 6.07 Å². The van der Waals surface area contributed by atoms with Crippen LogP contribution in [0.15, 0.2) is 46.9 Å². The zero-order chi connectivity index (χ0) is 13.7. The lowest BCUT2D eigenvalue weighted by Gasteiger charge is -2.06. The van der Waals surface area contributed by atoms with Crippen LogP contribution in [0.1, 0.15) is 5.56 Å². The fourth-order valence-electron chi connectivity index (χ4n) is 1.51. The van der Waals surface area contributed by atoms with E-state index in [-0.39, 0.29) is 12.2 Å². The van der Waals surface area contributed by atoms with Crippen LogP contribution in [0.5, 0.6) is 0 Å². The summed E-state index contributed by atoms with van der Waals surface area (Å²) in [6.07, 6.45) is 0. The Morgan fingerprint density at radius 2 is 1.84 bits per heavy atom. The SMILES string of the molecule is Fc1cc(F)c(NCC#Cc2ccccc2)c(Br)c1. The van der Waals surface area contributed by atoms with Gasteiger partial charge >= 0.3 is 0 Å². The maximum atomic E-state index is 13.5. The van der Waals surface area contributed by atoms with Crippen LogP contribution in [0.4, 0.5) is 14.5 Å². The number of halogens is 3. The van der Waals surface area contributed by atoms with Crippen LogP contribution in [-0.2, 0) is 0 Å². The predicted octanol–water partition coefficient (Wildman–Crippen LogP) is 4.19. The highest BCUT2D eigenvalue weighted by Gasteiger charge is 2.08. The summed E-state index contributed by atoms with van der Waals surface area (Å²) in [6, 6.07) is 11.5. The second kappa shape index (κ2) is 6.35. The molecule has 0 amide bonds. The third-order valence-electron chi connectivity index (χ3n) is 2.37. The third-order valence-corrected chi connectivity index (χ3v) is 2.99. The first-order chi connectivity index (χ1) is 9.16. The molecule has 0 aromatic heterocycles. The fraction of sp³-hybridized carbons (Fsp3) is 0.0667. The number of hydrogen-bond acceptors (Lipinski definition) is 1. The van der Waals surface area contributed by atoms with Gasteiger partial charge in [0.1, 0.15) is 11.6 Å². The molecule has 2 rings (SSSR count). The number of anilines is 1. The van der Waals surface area contributed by atoms with Crippen molar-refractivity contribution in [2.24, 2.45) is 0 Å². The van der Waals surface area contributed by atoms with Gasteiger partial charge in [0.25, 0.3) is 0 Å². The lowest BCUT2D eigenvalue weighted by atomic mass is 10.2. The first kappa shape index (κ1) is 13.6. The molecule has 0 saturated carbocycles. The van der Waals surface area contributed by atoms with Gasteiger partial charge in [-0.1, -0.05) is 30.0 Å². The molecule has 0 aliphatic rings. The first-order valence-corrected chi connectivity index (χ1v) is 6.38. The minimum absolute atomic E-state index is 0.212. The van der Waals surface area contributed by atoms with Crippen LogP contribution in [0, 0.1) is 23.5 Å². The summed E-state index contributed by atoms with van der Waals surface area (Å²) >= 11 is 3.10. The Bertz CT molecular complexity index is 607. The average Bonchev–Trinajstić information content (AvgIpc) is 2.38. The molecule has 0 aliphatic carbocycles. The molecule has 0 fully saturated rings. The Morgan fingerprint density at radius 3 is 2.53 bits per heavy atom. The van der Waals surface area contributed by atoms with Crippen molar-refractivity contribution in [2.45, 2.75) is 0 Å². The Morgan fingerprint density at radius 1 is 1.11 bits per heavy atom. The zero-order valence-corrected chi connectivity index (χ0v) is 11.5. The highest BCUT2D eigenvalue weighted by molar-refractivity contribution is 9.10. The monoisotopic (exact) mass is 321 g/mol. The Hall–Kier alpha value is -1.86. The molecular weight excluding hydrogens is 312 g/mol. The Labute approximate surface area is 118 Å². The normalized spacial score (nSPS) is 9.63. The molecule has 0 unspecified atom stereocenters. The number of rotatable bonds is 2. The molecule has 0 bridgehead atoms. The van der Waals surface area contributed by atoms with Crippen molar-refractivity contribution >= 4 is 21.6 Å². The van der Waals surface area contributed by atoms with Gasteiger partial charge in [0.05, 0.1) is 12.2 Å². The van der Waals surface area contributed by atoms with Gasteiger partial charge in [-0.05, 0) is 34.1 Å². The number of hydrogen-bond donors (Lipinski definition) is 1. The molecule has 96 valence electrons. The Balaban J connectivity index is 2.03. The largest absolute Gasteiger partial charge is 0.371 e. The van der Waals surface area contributed by atoms with Crippen molar-refractivity contribution in [1.29, 1.82) is 0 Å². The topological polar surface area (TPSA) is 12.0 Å². The van der Waals surface area contributed by atoms with Crippen molar-refractivity contribution in [1.82, 2.24) is 0 Å². The molecule has 4 heteroatoms. The third kappa shape index (κ3) is 3.80. The van der Waals surface area contributed by atoms with Crippen LogP contribution in [0.3, 0.4) is 0 Å². The van der Waals surface area contributed by atoms with Crippen molar-refractivity contribution in [3.63, 3.8) is 0 Å². The summed E-state index contributed by atoms with van der Waals surface area (Å²) in [5.74, 6) is 4.55. The fourth-order valence-corrected chi connectivity index (χ4v) is 2.06. The van der Waals surface area contributed by atoms with Crippen molar-refractivity contribution in [3.05, 3.63) is 64.1 Å². The summed E-state index contributed by atoms with van der Waals surface area (Å²) in [7, 11) is 0. The van der Waals surface area contributed by atoms with Crippen LogP contribution in [0.25, 0.3) is 0 Å². The average molecular weight is 322 g/mol. The Kier molecular flexibility index (Phi) is 4.53. The van der Waals surface area contributed by atoms with Gasteiger partial charge in [0.2, 0.25) is 0 Å². The molecule has 2 aromatic carbocycles. The molecule has 0 aliphatic heterocycles. The standard InChI is InChI=1S/C15H10BrF2N/c16-13-9-12(17)10-14(18)15(13)19-8-4-7-11-5-2-1-3-6-11/h1-3,5-6,9-10,19H,8H2. The molecule has 1 nitrogen and oxygen atoms in total. The summed E-state index contributed by atoms with van der Waals surface area (Å²) < 4.78 is 26.7. The van der Waals surface area contributed by atoms with E-state index in [0.717, 1.165) is 11.6 Å². The van der Waals surface area contributed by atoms with Gasteiger partial charge in [-0.2, -0.15) is 0 Å². The lowest BCUT2D eigenvalue weighted by Crippen LogP contribution is -2.02. The first-order valence-electron chi connectivity index (χ1n) is 5.59. The highest BCUT2D eigenvalue weighted by Crippen LogP contribution is 2.26. The number of benzene rings is 2. The maximum absolute atomic E-state index is 13.5. The molecule has 1 N–H and O–H groups in total. The minimum Gasteiger partial charge on any atom is -0.371 e. The predicted molar refractivity (Wildman–Crippen MR) is 75.9 cm³/mol. The second-order valence-electron chi connectivity index (χ2n) is 3.77. The highest BCUT2D eigenvalue weighted by atomic mass is 79.9. The van der Waals surface area contributed by atoms with Gasteiger partial charge in [-0.3, -0.25) is 0 Å². The van der Waals surface area contributed by atoms with Gasteiger partial charge in [-0.15, -0.1) is 0 Å². The molecule has 19 heavy (non-hydrogen) atoms. The van der Waals surface area contributed by atoms with E-state index >= 15 is 0 Å². The van der Waals surface area contributed by atoms with Crippen molar-refractivity contribution in [2.75, 3.05) is 11.9 Å².